The number of sulfonamides is 1. The number of ether oxygens (including phenoxy) is 2. The molecule has 0 unspecified atom stereocenters. The molecular formula is C21H28N2O5S. The van der Waals surface area contributed by atoms with Crippen LogP contribution < -0.4 is 19.5 Å². The molecule has 8 heteroatoms. The molecule has 0 saturated heterocycles. The Labute approximate surface area is 172 Å². The zero-order valence-electron chi connectivity index (χ0n) is 17.8. The van der Waals surface area contributed by atoms with Gasteiger partial charge in [0, 0.05) is 23.9 Å². The molecular weight excluding hydrogens is 392 g/mol. The molecule has 0 aromatic heterocycles. The molecule has 29 heavy (non-hydrogen) atoms. The number of amides is 1. The van der Waals surface area contributed by atoms with Crippen LogP contribution in [0, 0.1) is 27.7 Å². The van der Waals surface area contributed by atoms with Gasteiger partial charge in [0.1, 0.15) is 11.5 Å². The Morgan fingerprint density at radius 1 is 0.897 bits per heavy atom. The second-order valence-electron chi connectivity index (χ2n) is 7.02. The number of hydrogen-bond acceptors (Lipinski definition) is 5. The molecule has 2 aromatic rings. The van der Waals surface area contributed by atoms with E-state index in [1.165, 1.54) is 21.1 Å². The Balaban J connectivity index is 2.26. The summed E-state index contributed by atoms with van der Waals surface area (Å²) in [5.41, 5.74) is 3.55. The minimum atomic E-state index is -3.89. The van der Waals surface area contributed by atoms with Crippen LogP contribution in [0.25, 0.3) is 0 Å². The van der Waals surface area contributed by atoms with Crippen molar-refractivity contribution in [3.05, 3.63) is 46.5 Å². The average molecular weight is 421 g/mol. The van der Waals surface area contributed by atoms with E-state index in [9.17, 15) is 13.2 Å². The van der Waals surface area contributed by atoms with Crippen LogP contribution >= 0.6 is 0 Å². The van der Waals surface area contributed by atoms with Crippen LogP contribution in [-0.4, -0.2) is 34.6 Å². The third-order valence-electron chi connectivity index (χ3n) is 4.91. The minimum Gasteiger partial charge on any atom is -0.497 e. The first-order valence-corrected chi connectivity index (χ1v) is 10.6. The highest BCUT2D eigenvalue weighted by Crippen LogP contribution is 2.27. The van der Waals surface area contributed by atoms with Crippen molar-refractivity contribution in [2.75, 3.05) is 19.5 Å². The van der Waals surface area contributed by atoms with E-state index >= 15 is 0 Å². The van der Waals surface area contributed by atoms with Crippen LogP contribution in [0.3, 0.4) is 0 Å². The number of rotatable bonds is 7. The monoisotopic (exact) mass is 420 g/mol. The van der Waals surface area contributed by atoms with Gasteiger partial charge < -0.3 is 14.8 Å². The highest BCUT2D eigenvalue weighted by molar-refractivity contribution is 7.89. The van der Waals surface area contributed by atoms with Crippen LogP contribution in [0.4, 0.5) is 5.69 Å². The van der Waals surface area contributed by atoms with Crippen molar-refractivity contribution >= 4 is 21.6 Å². The number of methoxy groups -OCH3 is 2. The topological polar surface area (TPSA) is 93.7 Å². The van der Waals surface area contributed by atoms with Gasteiger partial charge in [-0.1, -0.05) is 6.07 Å². The predicted octanol–water partition coefficient (Wildman–Crippen LogP) is 3.24. The first kappa shape index (κ1) is 22.7. The van der Waals surface area contributed by atoms with E-state index in [2.05, 4.69) is 10.0 Å². The minimum absolute atomic E-state index is 0.220. The molecule has 0 spiro atoms. The van der Waals surface area contributed by atoms with Gasteiger partial charge in [-0.05, 0) is 56.9 Å². The van der Waals surface area contributed by atoms with Crippen LogP contribution in [0.2, 0.25) is 0 Å². The van der Waals surface area contributed by atoms with Gasteiger partial charge in [0.15, 0.2) is 0 Å². The first-order chi connectivity index (χ1) is 13.5. The zero-order chi connectivity index (χ0) is 21.9. The maximum atomic E-state index is 13.0. The number of carbonyl (C=O) groups excluding carboxylic acids is 1. The highest BCUT2D eigenvalue weighted by atomic mass is 32.2. The van der Waals surface area contributed by atoms with Crippen molar-refractivity contribution in [1.29, 1.82) is 0 Å². The molecule has 2 rings (SSSR count). The van der Waals surface area contributed by atoms with Gasteiger partial charge in [0.25, 0.3) is 0 Å². The second kappa shape index (κ2) is 8.84. The Hall–Kier alpha value is -2.58. The van der Waals surface area contributed by atoms with Crippen molar-refractivity contribution in [2.45, 2.75) is 45.6 Å². The fourth-order valence-corrected chi connectivity index (χ4v) is 4.88. The zero-order valence-corrected chi connectivity index (χ0v) is 18.7. The first-order valence-electron chi connectivity index (χ1n) is 9.13. The van der Waals surface area contributed by atoms with Crippen molar-refractivity contribution < 1.29 is 22.7 Å². The van der Waals surface area contributed by atoms with E-state index in [4.69, 9.17) is 9.47 Å². The summed E-state index contributed by atoms with van der Waals surface area (Å²) in [7, 11) is -0.878. The van der Waals surface area contributed by atoms with E-state index in [1.807, 2.05) is 19.9 Å². The SMILES string of the molecule is COc1cc(NC(=O)[C@H](C)NS(=O)(=O)c2c(C)c(C)cc(C)c2C)cc(OC)c1. The highest BCUT2D eigenvalue weighted by Gasteiger charge is 2.26. The van der Waals surface area contributed by atoms with E-state index in [1.54, 1.807) is 32.0 Å². The van der Waals surface area contributed by atoms with Crippen molar-refractivity contribution in [3.8, 4) is 11.5 Å². The summed E-state index contributed by atoms with van der Waals surface area (Å²) in [4.78, 5) is 12.8. The van der Waals surface area contributed by atoms with Gasteiger partial charge in [-0.25, -0.2) is 8.42 Å². The predicted molar refractivity (Wildman–Crippen MR) is 113 cm³/mol. The largest absolute Gasteiger partial charge is 0.497 e. The number of anilines is 1. The van der Waals surface area contributed by atoms with Crippen molar-refractivity contribution in [1.82, 2.24) is 4.72 Å². The van der Waals surface area contributed by atoms with Gasteiger partial charge in [-0.3, -0.25) is 4.79 Å². The van der Waals surface area contributed by atoms with Crippen LogP contribution in [-0.2, 0) is 14.8 Å². The molecule has 7 nitrogen and oxygen atoms in total. The third kappa shape index (κ3) is 5.07. The van der Waals surface area contributed by atoms with Gasteiger partial charge in [0.2, 0.25) is 15.9 Å². The second-order valence-corrected chi connectivity index (χ2v) is 8.67. The Bertz CT molecular complexity index is 983. The Kier molecular flexibility index (Phi) is 6.92. The molecule has 1 atom stereocenters. The maximum absolute atomic E-state index is 13.0. The maximum Gasteiger partial charge on any atom is 0.242 e. The quantitative estimate of drug-likeness (QED) is 0.717. The van der Waals surface area contributed by atoms with Crippen LogP contribution in [0.1, 0.15) is 29.2 Å². The summed E-state index contributed by atoms with van der Waals surface area (Å²) in [5, 5.41) is 2.69. The lowest BCUT2D eigenvalue weighted by molar-refractivity contribution is -0.117. The van der Waals surface area contributed by atoms with E-state index in [0.29, 0.717) is 28.3 Å². The number of carbonyl (C=O) groups is 1. The standard InChI is InChI=1S/C21H28N2O5S/c1-12-8-13(2)15(4)20(14(12)3)29(25,26)23-16(5)21(24)22-17-9-18(27-6)11-19(10-17)28-7/h8-11,16,23H,1-7H3,(H,22,24)/t16-/m0/s1. The Morgan fingerprint density at radius 2 is 1.38 bits per heavy atom. The molecule has 0 bridgehead atoms. The van der Waals surface area contributed by atoms with E-state index in [-0.39, 0.29) is 4.90 Å². The number of nitrogens with one attached hydrogen (secondary N) is 2. The Morgan fingerprint density at radius 3 is 1.83 bits per heavy atom. The van der Waals surface area contributed by atoms with Gasteiger partial charge >= 0.3 is 0 Å². The molecule has 158 valence electrons. The molecule has 0 aliphatic heterocycles. The van der Waals surface area contributed by atoms with E-state index < -0.39 is 22.0 Å². The average Bonchev–Trinajstić information content (AvgIpc) is 2.65. The molecule has 0 heterocycles. The van der Waals surface area contributed by atoms with Crippen LogP contribution in [0.15, 0.2) is 29.2 Å². The summed E-state index contributed by atoms with van der Waals surface area (Å²) in [6.45, 7) is 8.77. The van der Waals surface area contributed by atoms with Crippen LogP contribution in [0.5, 0.6) is 11.5 Å². The lowest BCUT2D eigenvalue weighted by atomic mass is 10.0. The summed E-state index contributed by atoms with van der Waals surface area (Å²) in [5.74, 6) is 0.521. The van der Waals surface area contributed by atoms with Crippen molar-refractivity contribution in [3.63, 3.8) is 0 Å². The molecule has 2 aromatic carbocycles. The fourth-order valence-electron chi connectivity index (χ4n) is 3.06. The smallest absolute Gasteiger partial charge is 0.242 e. The number of benzene rings is 2. The summed E-state index contributed by atoms with van der Waals surface area (Å²) < 4.78 is 38.9. The molecule has 1 amide bonds. The summed E-state index contributed by atoms with van der Waals surface area (Å²) in [6.07, 6.45) is 0. The third-order valence-corrected chi connectivity index (χ3v) is 6.72. The lowest BCUT2D eigenvalue weighted by Crippen LogP contribution is -2.42. The summed E-state index contributed by atoms with van der Waals surface area (Å²) in [6, 6.07) is 5.89. The van der Waals surface area contributed by atoms with E-state index in [0.717, 1.165) is 11.1 Å². The normalized spacial score (nSPS) is 12.4. The fraction of sp³-hybridized carbons (Fsp3) is 0.381. The van der Waals surface area contributed by atoms with Gasteiger partial charge in [-0.15, -0.1) is 0 Å². The van der Waals surface area contributed by atoms with Gasteiger partial charge in [0.05, 0.1) is 25.2 Å². The summed E-state index contributed by atoms with van der Waals surface area (Å²) >= 11 is 0. The molecule has 2 N–H and O–H groups in total. The number of hydrogen-bond donors (Lipinski definition) is 2. The molecule has 0 aliphatic carbocycles. The lowest BCUT2D eigenvalue weighted by Gasteiger charge is -2.19. The molecule has 0 aliphatic rings. The molecule has 0 fully saturated rings. The van der Waals surface area contributed by atoms with Gasteiger partial charge in [-0.2, -0.15) is 4.72 Å². The molecule has 0 radical (unpaired) electrons. The molecule has 0 saturated carbocycles. The van der Waals surface area contributed by atoms with Crippen molar-refractivity contribution in [2.24, 2.45) is 0 Å². The number of aryl methyl sites for hydroxylation is 2.